The monoisotopic (exact) mass is 438 g/mol. The molecular formula is C20H23ClN2O5S. The van der Waals surface area contributed by atoms with Crippen molar-refractivity contribution < 1.29 is 22.7 Å². The number of carbonyl (C=O) groups is 1. The first-order chi connectivity index (χ1) is 13.9. The molecule has 1 aliphatic rings. The van der Waals surface area contributed by atoms with Gasteiger partial charge in [-0.25, -0.2) is 8.42 Å². The lowest BCUT2D eigenvalue weighted by molar-refractivity contribution is -0.123. The van der Waals surface area contributed by atoms with Gasteiger partial charge in [-0.3, -0.25) is 4.79 Å². The third kappa shape index (κ3) is 5.70. The Labute approximate surface area is 175 Å². The summed E-state index contributed by atoms with van der Waals surface area (Å²) in [5.41, 5.74) is 2.14. The molecule has 156 valence electrons. The van der Waals surface area contributed by atoms with Gasteiger partial charge in [0.1, 0.15) is 5.75 Å². The van der Waals surface area contributed by atoms with E-state index in [9.17, 15) is 13.2 Å². The van der Waals surface area contributed by atoms with Gasteiger partial charge in [-0.15, -0.1) is 0 Å². The first-order valence-electron chi connectivity index (χ1n) is 9.19. The van der Waals surface area contributed by atoms with E-state index in [2.05, 4.69) is 5.32 Å². The lowest BCUT2D eigenvalue weighted by atomic mass is 10.1. The number of hydrogen-bond acceptors (Lipinski definition) is 5. The largest absolute Gasteiger partial charge is 0.482 e. The quantitative estimate of drug-likeness (QED) is 0.717. The third-order valence-corrected chi connectivity index (χ3v) is 6.67. The smallest absolute Gasteiger partial charge is 0.258 e. The molecule has 1 aliphatic heterocycles. The molecule has 1 amide bonds. The molecule has 1 N–H and O–H groups in total. The first kappa shape index (κ1) is 21.6. The second kappa shape index (κ2) is 9.58. The van der Waals surface area contributed by atoms with E-state index in [1.54, 1.807) is 0 Å². The van der Waals surface area contributed by atoms with Crippen molar-refractivity contribution in [1.82, 2.24) is 9.62 Å². The molecule has 0 saturated carbocycles. The highest BCUT2D eigenvalue weighted by Gasteiger charge is 2.27. The zero-order chi connectivity index (χ0) is 20.9. The number of morpholine rings is 1. The number of rotatable bonds is 7. The average Bonchev–Trinajstić information content (AvgIpc) is 2.73. The van der Waals surface area contributed by atoms with Crippen LogP contribution in [0.25, 0.3) is 0 Å². The Bertz CT molecular complexity index is 957. The molecule has 9 heteroatoms. The highest BCUT2D eigenvalue weighted by Crippen LogP contribution is 2.29. The molecule has 29 heavy (non-hydrogen) atoms. The van der Waals surface area contributed by atoms with Crippen LogP contribution in [0.1, 0.15) is 11.1 Å². The summed E-state index contributed by atoms with van der Waals surface area (Å²) in [5.74, 6) is -0.0512. The van der Waals surface area contributed by atoms with Gasteiger partial charge >= 0.3 is 0 Å². The third-order valence-electron chi connectivity index (χ3n) is 4.48. The Morgan fingerprint density at radius 2 is 1.86 bits per heavy atom. The summed E-state index contributed by atoms with van der Waals surface area (Å²) in [7, 11) is -3.64. The number of amides is 1. The summed E-state index contributed by atoms with van der Waals surface area (Å²) in [6.45, 7) is 3.52. The average molecular weight is 439 g/mol. The van der Waals surface area contributed by atoms with E-state index in [0.29, 0.717) is 32.8 Å². The molecule has 1 heterocycles. The fourth-order valence-corrected chi connectivity index (χ4v) is 4.53. The maximum atomic E-state index is 12.7. The summed E-state index contributed by atoms with van der Waals surface area (Å²) in [6, 6.07) is 12.1. The van der Waals surface area contributed by atoms with E-state index in [1.807, 2.05) is 31.2 Å². The van der Waals surface area contributed by atoms with Gasteiger partial charge in [0.25, 0.3) is 5.91 Å². The first-order valence-corrected chi connectivity index (χ1v) is 11.0. The van der Waals surface area contributed by atoms with Gasteiger partial charge in [-0.1, -0.05) is 41.4 Å². The van der Waals surface area contributed by atoms with Crippen molar-refractivity contribution in [1.29, 1.82) is 0 Å². The van der Waals surface area contributed by atoms with Crippen LogP contribution in [0.15, 0.2) is 47.4 Å². The van der Waals surface area contributed by atoms with Crippen LogP contribution in [0.3, 0.4) is 0 Å². The van der Waals surface area contributed by atoms with Crippen molar-refractivity contribution in [3.05, 3.63) is 58.6 Å². The van der Waals surface area contributed by atoms with Crippen LogP contribution >= 0.6 is 11.6 Å². The number of hydrogen-bond donors (Lipinski definition) is 1. The molecule has 0 aliphatic carbocycles. The van der Waals surface area contributed by atoms with Gasteiger partial charge in [-0.2, -0.15) is 4.31 Å². The minimum Gasteiger partial charge on any atom is -0.482 e. The molecule has 0 radical (unpaired) electrons. The minimum absolute atomic E-state index is 0.0839. The van der Waals surface area contributed by atoms with E-state index in [-0.39, 0.29) is 28.2 Å². The lowest BCUT2D eigenvalue weighted by Gasteiger charge is -2.26. The Balaban J connectivity index is 1.56. The molecule has 0 aromatic heterocycles. The maximum Gasteiger partial charge on any atom is 0.258 e. The van der Waals surface area contributed by atoms with E-state index in [1.165, 1.54) is 22.5 Å². The zero-order valence-electron chi connectivity index (χ0n) is 16.1. The molecule has 3 rings (SSSR count). The van der Waals surface area contributed by atoms with E-state index in [0.717, 1.165) is 11.1 Å². The van der Waals surface area contributed by atoms with Gasteiger partial charge < -0.3 is 14.8 Å². The van der Waals surface area contributed by atoms with Crippen LogP contribution in [-0.4, -0.2) is 51.5 Å². The summed E-state index contributed by atoms with van der Waals surface area (Å²) >= 11 is 6.18. The van der Waals surface area contributed by atoms with Crippen LogP contribution in [0, 0.1) is 6.92 Å². The highest BCUT2D eigenvalue weighted by molar-refractivity contribution is 7.89. The Morgan fingerprint density at radius 1 is 1.17 bits per heavy atom. The number of aryl methyl sites for hydroxylation is 1. The van der Waals surface area contributed by atoms with Gasteiger partial charge in [0.05, 0.1) is 23.1 Å². The SMILES string of the molecule is Cc1ccc(CNC(=O)COc2ccc(S(=O)(=O)N3CCOCC3)cc2Cl)cc1. The number of nitrogens with zero attached hydrogens (tertiary/aromatic N) is 1. The Morgan fingerprint density at radius 3 is 2.52 bits per heavy atom. The molecule has 2 aromatic rings. The summed E-state index contributed by atoms with van der Waals surface area (Å²) < 4.78 is 37.3. The van der Waals surface area contributed by atoms with Crippen LogP contribution in [-0.2, 0) is 26.1 Å². The number of nitrogens with one attached hydrogen (secondary N) is 1. The number of halogens is 1. The number of benzene rings is 2. The molecule has 0 spiro atoms. The molecule has 0 atom stereocenters. The number of ether oxygens (including phenoxy) is 2. The number of carbonyl (C=O) groups excluding carboxylic acids is 1. The predicted octanol–water partition coefficient (Wildman–Crippen LogP) is 2.36. The van der Waals surface area contributed by atoms with Gasteiger partial charge in [0.15, 0.2) is 6.61 Å². The Hall–Kier alpha value is -2.13. The van der Waals surface area contributed by atoms with Gasteiger partial charge in [0, 0.05) is 19.6 Å². The fraction of sp³-hybridized carbons (Fsp3) is 0.350. The maximum absolute atomic E-state index is 12.7. The van der Waals surface area contributed by atoms with Crippen LogP contribution in [0.5, 0.6) is 5.75 Å². The van der Waals surface area contributed by atoms with Gasteiger partial charge in [-0.05, 0) is 30.7 Å². The molecule has 1 fully saturated rings. The van der Waals surface area contributed by atoms with Crippen molar-refractivity contribution in [3.63, 3.8) is 0 Å². The van der Waals surface area contributed by atoms with Crippen LogP contribution < -0.4 is 10.1 Å². The summed E-state index contributed by atoms with van der Waals surface area (Å²) in [5, 5.41) is 2.90. The summed E-state index contributed by atoms with van der Waals surface area (Å²) in [4.78, 5) is 12.1. The second-order valence-corrected chi connectivity index (χ2v) is 9.00. The minimum atomic E-state index is -3.64. The molecule has 0 unspecified atom stereocenters. The second-order valence-electron chi connectivity index (χ2n) is 6.66. The van der Waals surface area contributed by atoms with E-state index in [4.69, 9.17) is 21.1 Å². The molecule has 7 nitrogen and oxygen atoms in total. The standard InChI is InChI=1S/C20H23ClN2O5S/c1-15-2-4-16(5-3-15)13-22-20(24)14-28-19-7-6-17(12-18(19)21)29(25,26)23-8-10-27-11-9-23/h2-7,12H,8-11,13-14H2,1H3,(H,22,24). The normalized spacial score (nSPS) is 15.1. The molecule has 2 aromatic carbocycles. The lowest BCUT2D eigenvalue weighted by Crippen LogP contribution is -2.40. The van der Waals surface area contributed by atoms with Crippen molar-refractivity contribution >= 4 is 27.5 Å². The fourth-order valence-electron chi connectivity index (χ4n) is 2.80. The van der Waals surface area contributed by atoms with E-state index < -0.39 is 10.0 Å². The van der Waals surface area contributed by atoms with Crippen molar-refractivity contribution in [2.24, 2.45) is 0 Å². The van der Waals surface area contributed by atoms with Gasteiger partial charge in [0.2, 0.25) is 10.0 Å². The topological polar surface area (TPSA) is 84.9 Å². The Kier molecular flexibility index (Phi) is 7.13. The highest BCUT2D eigenvalue weighted by atomic mass is 35.5. The van der Waals surface area contributed by atoms with Crippen molar-refractivity contribution in [2.75, 3.05) is 32.9 Å². The molecule has 0 bridgehead atoms. The van der Waals surface area contributed by atoms with Crippen molar-refractivity contribution in [3.8, 4) is 5.75 Å². The zero-order valence-corrected chi connectivity index (χ0v) is 17.6. The van der Waals surface area contributed by atoms with E-state index >= 15 is 0 Å². The van der Waals surface area contributed by atoms with Crippen molar-refractivity contribution in [2.45, 2.75) is 18.4 Å². The van der Waals surface area contributed by atoms with Crippen LogP contribution in [0.2, 0.25) is 5.02 Å². The summed E-state index contributed by atoms with van der Waals surface area (Å²) in [6.07, 6.45) is 0. The predicted molar refractivity (Wildman–Crippen MR) is 110 cm³/mol. The number of sulfonamides is 1. The van der Waals surface area contributed by atoms with Crippen LogP contribution in [0.4, 0.5) is 0 Å². The molecule has 1 saturated heterocycles. The molecular weight excluding hydrogens is 416 g/mol.